The summed E-state index contributed by atoms with van der Waals surface area (Å²) in [5.74, 6) is 0. The molecule has 0 aliphatic heterocycles. The molecular formula is H10AlKO6S. The third kappa shape index (κ3) is 164. The zero-order valence-corrected chi connectivity index (χ0v) is 8.06. The van der Waals surface area contributed by atoms with Gasteiger partial charge >= 0.3 is 61.8 Å². The predicted molar refractivity (Wildman–Crippen MR) is 32.5 cm³/mol. The summed E-state index contributed by atoms with van der Waals surface area (Å²) in [5, 5.41) is 0. The number of hydrogen-bond donors (Lipinski definition) is 2. The number of rotatable bonds is 0. The Bertz CT molecular complexity index is 101. The topological polar surface area (TPSA) is 138 Å². The fourth-order valence-corrected chi connectivity index (χ4v) is 0. The van der Waals surface area contributed by atoms with Crippen LogP contribution in [-0.4, -0.2) is 45.8 Å². The fourth-order valence-electron chi connectivity index (χ4n) is 0. The van der Waals surface area contributed by atoms with Crippen LogP contribution in [0.15, 0.2) is 0 Å². The van der Waals surface area contributed by atoms with Crippen LogP contribution < -0.4 is 51.4 Å². The van der Waals surface area contributed by atoms with E-state index in [0.717, 1.165) is 0 Å². The van der Waals surface area contributed by atoms with E-state index < -0.39 is 10.4 Å². The van der Waals surface area contributed by atoms with Crippen molar-refractivity contribution in [2.24, 2.45) is 0 Å². The van der Waals surface area contributed by atoms with Crippen molar-refractivity contribution < 1.29 is 81.3 Å². The van der Waals surface area contributed by atoms with E-state index in [0.29, 0.717) is 0 Å². The standard InChI is InChI=1S/Al.K.H2O4S.2H2O.4H/c;;1-5(2,3)4;;;;;;/h;;(H2,1,2,3,4);2*1H2;;;;/q;+1;;;;;;;-1. The van der Waals surface area contributed by atoms with Crippen molar-refractivity contribution in [2.45, 2.75) is 0 Å². The molecule has 6 N–H and O–H groups in total. The molecule has 0 fully saturated rings. The molecule has 0 radical (unpaired) electrons. The van der Waals surface area contributed by atoms with Crippen LogP contribution in [0.1, 0.15) is 1.43 Å². The predicted octanol–water partition coefficient (Wildman–Crippen LogP) is -6.37. The second-order valence-corrected chi connectivity index (χ2v) is 1.34. The molecule has 0 unspecified atom stereocenters. The smallest absolute Gasteiger partial charge is 1.00 e. The summed E-state index contributed by atoms with van der Waals surface area (Å²) in [5.41, 5.74) is 0. The summed E-state index contributed by atoms with van der Waals surface area (Å²) < 4.78 is 31.6. The minimum atomic E-state index is -4.67. The molecular weight excluding hydrogens is 194 g/mol. The molecule has 0 aromatic rings. The molecule has 6 nitrogen and oxygen atoms in total. The third-order valence-corrected chi connectivity index (χ3v) is 0. The Labute approximate surface area is 107 Å². The minimum Gasteiger partial charge on any atom is -1.00 e. The summed E-state index contributed by atoms with van der Waals surface area (Å²) in [6, 6.07) is 0. The Hall–Kier alpha value is 1.96. The van der Waals surface area contributed by atoms with E-state index in [1.54, 1.807) is 0 Å². The Kier molecular flexibility index (Phi) is 42.9. The van der Waals surface area contributed by atoms with E-state index >= 15 is 0 Å². The molecule has 0 rings (SSSR count). The van der Waals surface area contributed by atoms with Gasteiger partial charge in [-0.2, -0.15) is 8.42 Å². The van der Waals surface area contributed by atoms with Gasteiger partial charge in [0.2, 0.25) is 0 Å². The van der Waals surface area contributed by atoms with Crippen LogP contribution in [0.5, 0.6) is 0 Å². The van der Waals surface area contributed by atoms with Crippen molar-refractivity contribution in [2.75, 3.05) is 0 Å². The van der Waals surface area contributed by atoms with E-state index in [9.17, 15) is 0 Å². The van der Waals surface area contributed by atoms with E-state index in [1.807, 2.05) is 0 Å². The second-order valence-electron chi connectivity index (χ2n) is 0.448. The van der Waals surface area contributed by atoms with Gasteiger partial charge in [0.25, 0.3) is 0 Å². The minimum absolute atomic E-state index is 0. The molecule has 0 spiro atoms. The normalized spacial score (nSPS) is 6.44. The maximum Gasteiger partial charge on any atom is 1.00 e. The molecule has 9 heavy (non-hydrogen) atoms. The van der Waals surface area contributed by atoms with Crippen LogP contribution in [0.3, 0.4) is 0 Å². The molecule has 0 aromatic carbocycles. The Balaban J connectivity index is -0.00000000800. The van der Waals surface area contributed by atoms with Crippen molar-refractivity contribution in [1.29, 1.82) is 0 Å². The van der Waals surface area contributed by atoms with Gasteiger partial charge in [-0.25, -0.2) is 0 Å². The van der Waals surface area contributed by atoms with Crippen LogP contribution in [-0.2, 0) is 10.4 Å². The van der Waals surface area contributed by atoms with Gasteiger partial charge in [-0.1, -0.05) is 0 Å². The second kappa shape index (κ2) is 12.6. The molecule has 0 bridgehead atoms. The van der Waals surface area contributed by atoms with Gasteiger partial charge in [0.1, 0.15) is 0 Å². The van der Waals surface area contributed by atoms with Gasteiger partial charge in [0.15, 0.2) is 17.4 Å². The fraction of sp³-hybridized carbons (Fsp3) is 0. The van der Waals surface area contributed by atoms with Gasteiger partial charge in [-0.15, -0.1) is 0 Å². The van der Waals surface area contributed by atoms with Gasteiger partial charge < -0.3 is 12.4 Å². The van der Waals surface area contributed by atoms with E-state index in [1.165, 1.54) is 0 Å². The first kappa shape index (κ1) is 30.6. The van der Waals surface area contributed by atoms with Crippen LogP contribution in [0, 0.1) is 0 Å². The Morgan fingerprint density at radius 2 is 1.11 bits per heavy atom. The number of hydrogen-bond acceptors (Lipinski definition) is 2. The van der Waals surface area contributed by atoms with Crippen molar-refractivity contribution >= 4 is 27.8 Å². The van der Waals surface area contributed by atoms with E-state index in [2.05, 4.69) is 0 Å². The van der Waals surface area contributed by atoms with Crippen molar-refractivity contribution in [3.8, 4) is 0 Å². The zero-order valence-electron chi connectivity index (χ0n) is 5.12. The zero-order chi connectivity index (χ0) is 4.50. The average molecular weight is 204 g/mol. The van der Waals surface area contributed by atoms with Gasteiger partial charge in [0.05, 0.1) is 0 Å². The summed E-state index contributed by atoms with van der Waals surface area (Å²) >= 11 is 0. The molecule has 56 valence electrons. The summed E-state index contributed by atoms with van der Waals surface area (Å²) in [4.78, 5) is 0. The van der Waals surface area contributed by atoms with Crippen molar-refractivity contribution in [3.63, 3.8) is 0 Å². The van der Waals surface area contributed by atoms with Crippen LogP contribution in [0.4, 0.5) is 0 Å². The van der Waals surface area contributed by atoms with Crippen LogP contribution in [0.2, 0.25) is 0 Å². The van der Waals surface area contributed by atoms with Crippen molar-refractivity contribution in [3.05, 3.63) is 0 Å². The molecule has 0 aliphatic rings. The molecule has 0 aliphatic carbocycles. The molecule has 0 saturated carbocycles. The Morgan fingerprint density at radius 3 is 1.11 bits per heavy atom. The van der Waals surface area contributed by atoms with Crippen LogP contribution in [0.25, 0.3) is 0 Å². The molecule has 0 heterocycles. The average Bonchev–Trinajstić information content (AvgIpc) is 0.722. The van der Waals surface area contributed by atoms with Gasteiger partial charge in [-0.3, -0.25) is 9.11 Å². The van der Waals surface area contributed by atoms with Crippen LogP contribution >= 0.6 is 0 Å². The van der Waals surface area contributed by atoms with Gasteiger partial charge in [-0.05, 0) is 0 Å². The molecule has 0 amide bonds. The molecule has 0 saturated heterocycles. The summed E-state index contributed by atoms with van der Waals surface area (Å²) in [7, 11) is -4.67. The monoisotopic (exact) mass is 204 g/mol. The molecule has 0 atom stereocenters. The van der Waals surface area contributed by atoms with E-state index in [-0.39, 0.29) is 81.1 Å². The Morgan fingerprint density at radius 1 is 1.11 bits per heavy atom. The van der Waals surface area contributed by atoms with Gasteiger partial charge in [0, 0.05) is 0 Å². The summed E-state index contributed by atoms with van der Waals surface area (Å²) in [6.07, 6.45) is 0. The molecule has 9 heteroatoms. The largest absolute Gasteiger partial charge is 1.00 e. The SMILES string of the molecule is O.O.O=S(=O)(O)O.[AlH3].[H-].[K+]. The molecule has 0 aromatic heterocycles. The van der Waals surface area contributed by atoms with E-state index in [4.69, 9.17) is 17.5 Å². The first-order valence-electron chi connectivity index (χ1n) is 0.698. The maximum absolute atomic E-state index is 8.74. The van der Waals surface area contributed by atoms with Crippen molar-refractivity contribution in [1.82, 2.24) is 0 Å². The summed E-state index contributed by atoms with van der Waals surface area (Å²) in [6.45, 7) is 0. The third-order valence-electron chi connectivity index (χ3n) is 0. The first-order chi connectivity index (χ1) is 2.00. The quantitative estimate of drug-likeness (QED) is 0.299. The first-order valence-corrected chi connectivity index (χ1v) is 2.10. The maximum atomic E-state index is 8.74.